The monoisotopic (exact) mass is 356 g/mol. The van der Waals surface area contributed by atoms with Gasteiger partial charge in [0, 0.05) is 17.1 Å². The lowest BCUT2D eigenvalue weighted by atomic mass is 10.1. The molecule has 0 aliphatic carbocycles. The van der Waals surface area contributed by atoms with E-state index in [1.54, 1.807) is 0 Å². The molecule has 2 rings (SSSR count). The molecule has 2 aromatic carbocycles. The van der Waals surface area contributed by atoms with Crippen molar-refractivity contribution in [2.45, 2.75) is 25.4 Å². The molecule has 0 saturated carbocycles. The van der Waals surface area contributed by atoms with Crippen molar-refractivity contribution in [2.75, 3.05) is 0 Å². The van der Waals surface area contributed by atoms with Crippen molar-refractivity contribution in [1.29, 1.82) is 0 Å². The van der Waals surface area contributed by atoms with Crippen molar-refractivity contribution in [3.63, 3.8) is 0 Å². The molecule has 0 heterocycles. The van der Waals surface area contributed by atoms with Gasteiger partial charge in [-0.15, -0.1) is 0 Å². The number of hydrogen-bond donors (Lipinski definition) is 0. The predicted octanol–water partition coefficient (Wildman–Crippen LogP) is 5.78. The Hall–Kier alpha value is -0.870. The lowest BCUT2D eigenvalue weighted by molar-refractivity contribution is 0.562. The van der Waals surface area contributed by atoms with E-state index in [0.717, 1.165) is 5.75 Å². The smallest absolute Gasteiger partial charge is 0.144 e. The first kappa shape index (κ1) is 15.5. The number of benzene rings is 2. The first-order chi connectivity index (χ1) is 9.47. The average molecular weight is 357 g/mol. The average Bonchev–Trinajstić information content (AvgIpc) is 2.37. The maximum absolute atomic E-state index is 13.8. The van der Waals surface area contributed by atoms with E-state index < -0.39 is 11.6 Å². The van der Waals surface area contributed by atoms with Crippen molar-refractivity contribution >= 4 is 27.7 Å². The SMILES string of the molecule is Cc1cc(C)cc(CSCc2c(F)ccc(Br)c2F)c1. The second kappa shape index (κ2) is 6.72. The second-order valence-electron chi connectivity index (χ2n) is 4.81. The fourth-order valence-electron chi connectivity index (χ4n) is 2.12. The van der Waals surface area contributed by atoms with Gasteiger partial charge in [-0.1, -0.05) is 29.3 Å². The maximum Gasteiger partial charge on any atom is 0.144 e. The molecule has 0 N–H and O–H groups in total. The van der Waals surface area contributed by atoms with Crippen LogP contribution in [0.3, 0.4) is 0 Å². The largest absolute Gasteiger partial charge is 0.207 e. The minimum atomic E-state index is -0.502. The molecule has 0 unspecified atom stereocenters. The summed E-state index contributed by atoms with van der Waals surface area (Å²) in [7, 11) is 0. The molecule has 0 bridgehead atoms. The molecule has 0 atom stereocenters. The lowest BCUT2D eigenvalue weighted by Crippen LogP contribution is -1.95. The van der Waals surface area contributed by atoms with Crippen LogP contribution in [0, 0.1) is 25.5 Å². The number of halogens is 3. The van der Waals surface area contributed by atoms with Gasteiger partial charge in [-0.05, 0) is 47.5 Å². The van der Waals surface area contributed by atoms with Crippen LogP contribution in [0.15, 0.2) is 34.8 Å². The van der Waals surface area contributed by atoms with Gasteiger partial charge < -0.3 is 0 Å². The second-order valence-corrected chi connectivity index (χ2v) is 6.65. The zero-order chi connectivity index (χ0) is 14.7. The Labute approximate surface area is 130 Å². The van der Waals surface area contributed by atoms with Crippen molar-refractivity contribution in [1.82, 2.24) is 0 Å². The molecular formula is C16H15BrF2S. The summed E-state index contributed by atoms with van der Waals surface area (Å²) < 4.78 is 27.7. The van der Waals surface area contributed by atoms with E-state index in [-0.39, 0.29) is 5.56 Å². The summed E-state index contributed by atoms with van der Waals surface area (Å²) in [5.74, 6) is 0.0782. The van der Waals surface area contributed by atoms with Crippen LogP contribution in [0.2, 0.25) is 0 Å². The predicted molar refractivity (Wildman–Crippen MR) is 85.0 cm³/mol. The van der Waals surface area contributed by atoms with Crippen LogP contribution in [0.1, 0.15) is 22.3 Å². The highest BCUT2D eigenvalue weighted by molar-refractivity contribution is 9.10. The normalized spacial score (nSPS) is 10.8. The van der Waals surface area contributed by atoms with E-state index >= 15 is 0 Å². The van der Waals surface area contributed by atoms with Crippen LogP contribution in [0.25, 0.3) is 0 Å². The molecule has 0 nitrogen and oxygen atoms in total. The number of hydrogen-bond acceptors (Lipinski definition) is 1. The van der Waals surface area contributed by atoms with Gasteiger partial charge in [0.05, 0.1) is 4.47 Å². The summed E-state index contributed by atoms with van der Waals surface area (Å²) >= 11 is 4.60. The summed E-state index contributed by atoms with van der Waals surface area (Å²) in [6.45, 7) is 4.10. The molecule has 0 spiro atoms. The van der Waals surface area contributed by atoms with Crippen LogP contribution in [-0.2, 0) is 11.5 Å². The molecule has 106 valence electrons. The summed E-state index contributed by atoms with van der Waals surface area (Å²) in [6.07, 6.45) is 0. The summed E-state index contributed by atoms with van der Waals surface area (Å²) in [5, 5.41) is 0. The maximum atomic E-state index is 13.8. The van der Waals surface area contributed by atoms with Crippen molar-refractivity contribution < 1.29 is 8.78 Å². The van der Waals surface area contributed by atoms with Crippen molar-refractivity contribution in [2.24, 2.45) is 0 Å². The molecule has 0 saturated heterocycles. The molecule has 20 heavy (non-hydrogen) atoms. The van der Waals surface area contributed by atoms with Crippen molar-refractivity contribution in [3.8, 4) is 0 Å². The van der Waals surface area contributed by atoms with Gasteiger partial charge in [-0.25, -0.2) is 8.78 Å². The van der Waals surface area contributed by atoms with E-state index in [2.05, 4.69) is 48.0 Å². The first-order valence-electron chi connectivity index (χ1n) is 6.24. The van der Waals surface area contributed by atoms with Gasteiger partial charge in [-0.3, -0.25) is 0 Å². The van der Waals surface area contributed by atoms with Gasteiger partial charge in [-0.2, -0.15) is 11.8 Å². The Morgan fingerprint density at radius 2 is 1.65 bits per heavy atom. The van der Waals surface area contributed by atoms with E-state index in [9.17, 15) is 8.78 Å². The molecular weight excluding hydrogens is 342 g/mol. The molecule has 0 aliphatic rings. The Balaban J connectivity index is 2.05. The third-order valence-corrected chi connectivity index (χ3v) is 4.58. The van der Waals surface area contributed by atoms with Gasteiger partial charge >= 0.3 is 0 Å². The molecule has 2 aromatic rings. The van der Waals surface area contributed by atoms with Crippen LogP contribution in [0.4, 0.5) is 8.78 Å². The topological polar surface area (TPSA) is 0 Å². The number of aryl methyl sites for hydroxylation is 2. The fourth-order valence-corrected chi connectivity index (χ4v) is 3.47. The highest BCUT2D eigenvalue weighted by atomic mass is 79.9. The highest BCUT2D eigenvalue weighted by Crippen LogP contribution is 2.27. The van der Waals surface area contributed by atoms with Crippen molar-refractivity contribution in [3.05, 3.63) is 68.7 Å². The van der Waals surface area contributed by atoms with Crippen LogP contribution in [0.5, 0.6) is 0 Å². The minimum Gasteiger partial charge on any atom is -0.207 e. The first-order valence-corrected chi connectivity index (χ1v) is 8.19. The third-order valence-electron chi connectivity index (χ3n) is 2.94. The highest BCUT2D eigenvalue weighted by Gasteiger charge is 2.12. The van der Waals surface area contributed by atoms with Gasteiger partial charge in [0.1, 0.15) is 11.6 Å². The summed E-state index contributed by atoms with van der Waals surface area (Å²) in [6, 6.07) is 9.01. The Morgan fingerprint density at radius 1 is 1.00 bits per heavy atom. The van der Waals surface area contributed by atoms with Gasteiger partial charge in [0.15, 0.2) is 0 Å². The van der Waals surface area contributed by atoms with E-state index in [1.807, 2.05) is 0 Å². The molecule has 0 radical (unpaired) electrons. The molecule has 0 aliphatic heterocycles. The minimum absolute atomic E-state index is 0.133. The molecule has 0 aromatic heterocycles. The lowest BCUT2D eigenvalue weighted by Gasteiger charge is -2.08. The van der Waals surface area contributed by atoms with E-state index in [4.69, 9.17) is 0 Å². The van der Waals surface area contributed by atoms with Gasteiger partial charge in [0.25, 0.3) is 0 Å². The summed E-state index contributed by atoms with van der Waals surface area (Å²) in [5.41, 5.74) is 3.73. The fraction of sp³-hybridized carbons (Fsp3) is 0.250. The molecule has 0 amide bonds. The number of rotatable bonds is 4. The Morgan fingerprint density at radius 3 is 2.30 bits per heavy atom. The van der Waals surface area contributed by atoms with Crippen LogP contribution < -0.4 is 0 Å². The third kappa shape index (κ3) is 3.83. The quantitative estimate of drug-likeness (QED) is 0.625. The van der Waals surface area contributed by atoms with E-state index in [1.165, 1.54) is 40.6 Å². The Bertz CT molecular complexity index is 606. The van der Waals surface area contributed by atoms with Crippen LogP contribution in [-0.4, -0.2) is 0 Å². The number of thioether (sulfide) groups is 1. The standard InChI is InChI=1S/C16H15BrF2S/c1-10-5-11(2)7-12(6-10)8-20-9-13-15(18)4-3-14(17)16(13)19/h3-7H,8-9H2,1-2H3. The van der Waals surface area contributed by atoms with Crippen LogP contribution >= 0.6 is 27.7 Å². The molecule has 4 heteroatoms. The summed E-state index contributed by atoms with van der Waals surface area (Å²) in [4.78, 5) is 0. The zero-order valence-electron chi connectivity index (χ0n) is 11.3. The van der Waals surface area contributed by atoms with Gasteiger partial charge in [0.2, 0.25) is 0 Å². The Kier molecular flexibility index (Phi) is 5.22. The molecule has 0 fully saturated rings. The van der Waals surface area contributed by atoms with E-state index in [0.29, 0.717) is 10.2 Å². The zero-order valence-corrected chi connectivity index (χ0v) is 13.7.